The Balaban J connectivity index is 1.62. The molecule has 168 valence electrons. The minimum atomic E-state index is -0.215. The molecule has 1 aliphatic carbocycles. The van der Waals surface area contributed by atoms with E-state index < -0.39 is 0 Å². The Bertz CT molecular complexity index is 1150. The van der Waals surface area contributed by atoms with Crippen LogP contribution in [0.15, 0.2) is 30.5 Å². The van der Waals surface area contributed by atoms with E-state index in [9.17, 15) is 9.90 Å². The van der Waals surface area contributed by atoms with Crippen molar-refractivity contribution in [3.8, 4) is 11.1 Å². The molecule has 1 atom stereocenters. The van der Waals surface area contributed by atoms with Gasteiger partial charge < -0.3 is 20.5 Å². The number of hydrogen-bond donors (Lipinski definition) is 3. The first-order valence-electron chi connectivity index (χ1n) is 11.3. The van der Waals surface area contributed by atoms with Gasteiger partial charge in [0.15, 0.2) is 0 Å². The lowest BCUT2D eigenvalue weighted by Crippen LogP contribution is -2.23. The van der Waals surface area contributed by atoms with E-state index in [1.165, 1.54) is 0 Å². The molecule has 8 heteroatoms. The molecule has 5 rings (SSSR count). The van der Waals surface area contributed by atoms with E-state index in [4.69, 9.17) is 9.84 Å². The summed E-state index contributed by atoms with van der Waals surface area (Å²) >= 11 is 0. The zero-order chi connectivity index (χ0) is 22.2. The number of rotatable bonds is 6. The predicted octanol–water partition coefficient (Wildman–Crippen LogP) is 3.11. The van der Waals surface area contributed by atoms with Gasteiger partial charge in [0.1, 0.15) is 0 Å². The maximum Gasteiger partial charge on any atom is 0.251 e. The summed E-state index contributed by atoms with van der Waals surface area (Å²) in [4.78, 5) is 16.8. The number of amides is 1. The Morgan fingerprint density at radius 3 is 2.81 bits per heavy atom. The predicted molar refractivity (Wildman–Crippen MR) is 122 cm³/mol. The van der Waals surface area contributed by atoms with E-state index in [1.807, 2.05) is 29.8 Å². The van der Waals surface area contributed by atoms with Crippen LogP contribution in [0.3, 0.4) is 0 Å². The maximum atomic E-state index is 12.2. The van der Waals surface area contributed by atoms with Gasteiger partial charge in [-0.15, -0.1) is 5.10 Å². The number of aromatic nitrogens is 3. The molecule has 1 amide bonds. The fourth-order valence-corrected chi connectivity index (χ4v) is 4.98. The molecule has 0 unspecified atom stereocenters. The van der Waals surface area contributed by atoms with Gasteiger partial charge in [0.25, 0.3) is 5.91 Å². The zero-order valence-corrected chi connectivity index (χ0v) is 18.5. The minimum absolute atomic E-state index is 0.0262. The number of hydrogen-bond acceptors (Lipinski definition) is 6. The zero-order valence-electron chi connectivity index (χ0n) is 18.5. The van der Waals surface area contributed by atoms with E-state index in [1.54, 1.807) is 7.11 Å². The van der Waals surface area contributed by atoms with Gasteiger partial charge >= 0.3 is 0 Å². The Kier molecular flexibility index (Phi) is 5.57. The number of aliphatic hydroxyl groups excluding tert-OH is 1. The van der Waals surface area contributed by atoms with Crippen molar-refractivity contribution in [3.63, 3.8) is 0 Å². The average molecular weight is 436 g/mol. The van der Waals surface area contributed by atoms with Gasteiger partial charge in [0, 0.05) is 42.4 Å². The third kappa shape index (κ3) is 3.73. The smallest absolute Gasteiger partial charge is 0.251 e. The van der Waals surface area contributed by atoms with Crippen LogP contribution < -0.4 is 10.6 Å². The number of aliphatic hydroxyl groups is 1. The summed E-state index contributed by atoms with van der Waals surface area (Å²) < 4.78 is 7.22. The molecule has 32 heavy (non-hydrogen) atoms. The van der Waals surface area contributed by atoms with Crippen LogP contribution in [-0.4, -0.2) is 51.5 Å². The number of anilines is 1. The molecule has 2 aromatic heterocycles. The molecule has 1 aliphatic heterocycles. The summed E-state index contributed by atoms with van der Waals surface area (Å²) in [5.41, 5.74) is 5.88. The van der Waals surface area contributed by atoms with Crippen molar-refractivity contribution in [1.29, 1.82) is 0 Å². The second-order valence-corrected chi connectivity index (χ2v) is 8.88. The van der Waals surface area contributed by atoms with Crippen molar-refractivity contribution in [1.82, 2.24) is 19.9 Å². The lowest BCUT2D eigenvalue weighted by atomic mass is 9.85. The molecule has 1 aromatic carbocycles. The maximum absolute atomic E-state index is 12.2. The van der Waals surface area contributed by atoms with Gasteiger partial charge in [-0.3, -0.25) is 4.79 Å². The van der Waals surface area contributed by atoms with Gasteiger partial charge in [0.05, 0.1) is 24.4 Å². The summed E-state index contributed by atoms with van der Waals surface area (Å²) in [6.07, 6.45) is 5.09. The van der Waals surface area contributed by atoms with Crippen LogP contribution in [0.1, 0.15) is 60.1 Å². The highest BCUT2D eigenvalue weighted by molar-refractivity contribution is 6.01. The summed E-state index contributed by atoms with van der Waals surface area (Å²) in [5, 5.41) is 21.1. The van der Waals surface area contributed by atoms with Crippen LogP contribution in [0.5, 0.6) is 0 Å². The first-order valence-corrected chi connectivity index (χ1v) is 11.3. The molecule has 1 fully saturated rings. The Morgan fingerprint density at radius 1 is 1.25 bits per heavy atom. The molecular formula is C24H29N5O3. The number of nitrogens with one attached hydrogen (secondary N) is 2. The largest absolute Gasteiger partial charge is 0.393 e. The van der Waals surface area contributed by atoms with E-state index >= 15 is 0 Å². The fourth-order valence-electron chi connectivity index (χ4n) is 4.98. The molecule has 3 aromatic rings. The summed E-state index contributed by atoms with van der Waals surface area (Å²) in [6, 6.07) is 8.15. The van der Waals surface area contributed by atoms with Crippen LogP contribution in [0, 0.1) is 0 Å². The monoisotopic (exact) mass is 435 g/mol. The molecule has 0 radical (unpaired) electrons. The summed E-state index contributed by atoms with van der Waals surface area (Å²) in [5.74, 6) is 0.841. The number of nitrogens with zero attached hydrogens (tertiary/aromatic N) is 3. The number of methoxy groups -OCH3 is 1. The molecule has 0 bridgehead atoms. The van der Waals surface area contributed by atoms with Crippen molar-refractivity contribution in [2.24, 2.45) is 0 Å². The third-order valence-electron chi connectivity index (χ3n) is 6.59. The topological polar surface area (TPSA) is 101 Å². The SMILES string of the molecule is COC[C@H](C)Nc1ncc2c(-c3cccc4c3CNC4=O)cc([C@H]3CC[C@H](O)CC3)n2n1. The Labute approximate surface area is 187 Å². The van der Waals surface area contributed by atoms with Crippen LogP contribution in [0.2, 0.25) is 0 Å². The fraction of sp³-hybridized carbons (Fsp3) is 0.458. The second kappa shape index (κ2) is 8.52. The van der Waals surface area contributed by atoms with Crippen molar-refractivity contribution >= 4 is 17.4 Å². The quantitative estimate of drug-likeness (QED) is 0.550. The Hall–Kier alpha value is -2.97. The highest BCUT2D eigenvalue weighted by Crippen LogP contribution is 2.39. The lowest BCUT2D eigenvalue weighted by molar-refractivity contribution is 0.0965. The summed E-state index contributed by atoms with van der Waals surface area (Å²) in [6.45, 7) is 3.11. The Morgan fingerprint density at radius 2 is 2.03 bits per heavy atom. The average Bonchev–Trinajstić information content (AvgIpc) is 3.35. The summed E-state index contributed by atoms with van der Waals surface area (Å²) in [7, 11) is 1.67. The highest BCUT2D eigenvalue weighted by atomic mass is 16.5. The molecule has 3 heterocycles. The first-order chi connectivity index (χ1) is 15.5. The molecule has 0 saturated heterocycles. The molecule has 0 spiro atoms. The lowest BCUT2D eigenvalue weighted by Gasteiger charge is -2.25. The van der Waals surface area contributed by atoms with Crippen molar-refractivity contribution in [3.05, 3.63) is 47.3 Å². The number of ether oxygens (including phenoxy) is 1. The van der Waals surface area contributed by atoms with Gasteiger partial charge in [-0.25, -0.2) is 9.50 Å². The first kappa shape index (κ1) is 20.9. The number of fused-ring (bicyclic) bond motifs is 2. The van der Waals surface area contributed by atoms with Gasteiger partial charge in [-0.05, 0) is 55.9 Å². The van der Waals surface area contributed by atoms with Crippen LogP contribution >= 0.6 is 0 Å². The van der Waals surface area contributed by atoms with Crippen LogP contribution in [-0.2, 0) is 11.3 Å². The number of carbonyl (C=O) groups excluding carboxylic acids is 1. The standard InChI is InChI=1S/C24H29N5O3/c1-14(13-32-2)27-24-26-12-22-19(17-4-3-5-18-20(17)11-25-23(18)31)10-21(29(22)28-24)15-6-8-16(30)9-7-15/h3-5,10,12,14-16,30H,6-9,11,13H2,1-2H3,(H,25,31)(H,27,28)/t14-,15-,16-/m0/s1. The van der Waals surface area contributed by atoms with Crippen molar-refractivity contribution in [2.45, 2.75) is 57.2 Å². The molecular weight excluding hydrogens is 406 g/mol. The molecule has 3 N–H and O–H groups in total. The molecule has 8 nitrogen and oxygen atoms in total. The van der Waals surface area contributed by atoms with Gasteiger partial charge in [-0.1, -0.05) is 12.1 Å². The van der Waals surface area contributed by atoms with Gasteiger partial charge in [0.2, 0.25) is 5.95 Å². The van der Waals surface area contributed by atoms with E-state index in [0.717, 1.165) is 59.1 Å². The second-order valence-electron chi connectivity index (χ2n) is 8.88. The van der Waals surface area contributed by atoms with E-state index in [0.29, 0.717) is 25.0 Å². The molecule has 1 saturated carbocycles. The van der Waals surface area contributed by atoms with Crippen LogP contribution in [0.25, 0.3) is 16.6 Å². The third-order valence-corrected chi connectivity index (χ3v) is 6.59. The van der Waals surface area contributed by atoms with Gasteiger partial charge in [-0.2, -0.15) is 0 Å². The minimum Gasteiger partial charge on any atom is -0.393 e. The number of carbonyl (C=O) groups is 1. The van der Waals surface area contributed by atoms with E-state index in [-0.39, 0.29) is 18.1 Å². The van der Waals surface area contributed by atoms with E-state index in [2.05, 4.69) is 27.8 Å². The highest BCUT2D eigenvalue weighted by Gasteiger charge is 2.28. The molecule has 2 aliphatic rings. The normalized spacial score (nSPS) is 21.4. The van der Waals surface area contributed by atoms with Crippen molar-refractivity contribution < 1.29 is 14.6 Å². The van der Waals surface area contributed by atoms with Crippen molar-refractivity contribution in [2.75, 3.05) is 19.0 Å². The van der Waals surface area contributed by atoms with Crippen LogP contribution in [0.4, 0.5) is 5.95 Å². The number of benzene rings is 1.